The summed E-state index contributed by atoms with van der Waals surface area (Å²) in [6.07, 6.45) is 1.39. The van der Waals surface area contributed by atoms with Gasteiger partial charge in [-0.1, -0.05) is 11.6 Å². The lowest BCUT2D eigenvalue weighted by molar-refractivity contribution is 0.100. The van der Waals surface area contributed by atoms with Crippen molar-refractivity contribution in [3.8, 4) is 0 Å². The zero-order valence-electron chi connectivity index (χ0n) is 14.3. The molecule has 1 unspecified atom stereocenters. The van der Waals surface area contributed by atoms with Gasteiger partial charge in [0.25, 0.3) is 5.91 Å². The standard InChI is InChI=1S/C16H14BrClN6O3S/c1-7(24-28(26,27)11-3-2-4-21-13(11)18)12-10(17)6-8-5-9(15(20)25)14(19)23-16(8)22-12/h2-7,24H,1H3,(H2,20,25)(H2,19,22,23). The maximum Gasteiger partial charge on any atom is 0.252 e. The Hall–Kier alpha value is -2.34. The molecule has 28 heavy (non-hydrogen) atoms. The molecule has 0 saturated heterocycles. The minimum absolute atomic E-state index is 0.0591. The van der Waals surface area contributed by atoms with Gasteiger partial charge in [-0.15, -0.1) is 0 Å². The summed E-state index contributed by atoms with van der Waals surface area (Å²) in [6, 6.07) is 5.21. The van der Waals surface area contributed by atoms with Crippen LogP contribution in [0.3, 0.4) is 0 Å². The van der Waals surface area contributed by atoms with Crippen molar-refractivity contribution in [3.05, 3.63) is 51.3 Å². The number of nitrogens with zero attached hydrogens (tertiary/aromatic N) is 3. The van der Waals surface area contributed by atoms with Gasteiger partial charge in [-0.3, -0.25) is 4.79 Å². The fraction of sp³-hybridized carbons (Fsp3) is 0.125. The number of nitrogens with one attached hydrogen (secondary N) is 1. The second-order valence-electron chi connectivity index (χ2n) is 5.82. The molecule has 0 spiro atoms. The SMILES string of the molecule is CC(NS(=O)(=O)c1cccnc1Cl)c1nc2nc(N)c(C(N)=O)cc2cc1Br. The number of nitrogen functional groups attached to an aromatic ring is 1. The molecule has 3 aromatic heterocycles. The highest BCUT2D eigenvalue weighted by atomic mass is 79.9. The van der Waals surface area contributed by atoms with Gasteiger partial charge in [-0.25, -0.2) is 28.1 Å². The van der Waals surface area contributed by atoms with Crippen LogP contribution >= 0.6 is 27.5 Å². The number of hydrogen-bond donors (Lipinski definition) is 3. The highest BCUT2D eigenvalue weighted by molar-refractivity contribution is 9.10. The number of rotatable bonds is 5. The number of fused-ring (bicyclic) bond motifs is 1. The number of aromatic nitrogens is 3. The van der Waals surface area contributed by atoms with Gasteiger partial charge >= 0.3 is 0 Å². The second kappa shape index (κ2) is 7.59. The van der Waals surface area contributed by atoms with Crippen molar-refractivity contribution in [1.29, 1.82) is 0 Å². The Kier molecular flexibility index (Phi) is 5.53. The molecule has 12 heteroatoms. The highest BCUT2D eigenvalue weighted by Crippen LogP contribution is 2.28. The second-order valence-corrected chi connectivity index (χ2v) is 8.72. The first kappa shape index (κ1) is 20.4. The molecule has 5 N–H and O–H groups in total. The molecule has 0 aliphatic carbocycles. The van der Waals surface area contributed by atoms with Gasteiger partial charge in [-0.2, -0.15) is 0 Å². The molecule has 0 aliphatic rings. The minimum Gasteiger partial charge on any atom is -0.383 e. The van der Waals surface area contributed by atoms with Crippen molar-refractivity contribution in [3.63, 3.8) is 0 Å². The average molecular weight is 486 g/mol. The first-order chi connectivity index (χ1) is 13.1. The van der Waals surface area contributed by atoms with Crippen LogP contribution in [-0.4, -0.2) is 29.3 Å². The third kappa shape index (κ3) is 3.92. The molecule has 146 valence electrons. The minimum atomic E-state index is -3.95. The summed E-state index contributed by atoms with van der Waals surface area (Å²) in [5.41, 5.74) is 11.7. The fourth-order valence-electron chi connectivity index (χ4n) is 2.53. The van der Waals surface area contributed by atoms with Crippen LogP contribution in [0.15, 0.2) is 39.8 Å². The number of nitrogens with two attached hydrogens (primary N) is 2. The van der Waals surface area contributed by atoms with Crippen LogP contribution in [0.25, 0.3) is 11.0 Å². The largest absolute Gasteiger partial charge is 0.383 e. The molecule has 3 rings (SSSR count). The van der Waals surface area contributed by atoms with E-state index in [-0.39, 0.29) is 27.1 Å². The van der Waals surface area contributed by atoms with E-state index in [0.717, 1.165) is 0 Å². The van der Waals surface area contributed by atoms with E-state index in [2.05, 4.69) is 35.6 Å². The summed E-state index contributed by atoms with van der Waals surface area (Å²) < 4.78 is 28.2. The summed E-state index contributed by atoms with van der Waals surface area (Å²) >= 11 is 9.25. The molecule has 0 aromatic carbocycles. The van der Waals surface area contributed by atoms with Crippen LogP contribution in [0.5, 0.6) is 0 Å². The van der Waals surface area contributed by atoms with Crippen LogP contribution < -0.4 is 16.2 Å². The third-order valence-electron chi connectivity index (χ3n) is 3.84. The normalized spacial score (nSPS) is 12.8. The number of primary amides is 1. The number of halogens is 2. The van der Waals surface area contributed by atoms with E-state index in [0.29, 0.717) is 15.6 Å². The molecule has 0 bridgehead atoms. The highest BCUT2D eigenvalue weighted by Gasteiger charge is 2.24. The quantitative estimate of drug-likeness (QED) is 0.468. The first-order valence-corrected chi connectivity index (χ1v) is 10.4. The number of pyridine rings is 3. The summed E-state index contributed by atoms with van der Waals surface area (Å²) in [4.78, 5) is 23.5. The molecule has 9 nitrogen and oxygen atoms in total. The maximum atomic E-state index is 12.6. The number of sulfonamides is 1. The zero-order chi connectivity index (χ0) is 20.6. The number of carbonyl (C=O) groups is 1. The number of hydrogen-bond acceptors (Lipinski definition) is 7. The van der Waals surface area contributed by atoms with E-state index in [1.165, 1.54) is 24.4 Å². The molecule has 0 radical (unpaired) electrons. The number of amides is 1. The first-order valence-electron chi connectivity index (χ1n) is 7.79. The number of anilines is 1. The topological polar surface area (TPSA) is 154 Å². The van der Waals surface area contributed by atoms with Crippen LogP contribution in [0, 0.1) is 0 Å². The van der Waals surface area contributed by atoms with Gasteiger partial charge < -0.3 is 11.5 Å². The van der Waals surface area contributed by atoms with Gasteiger partial charge in [0.1, 0.15) is 15.9 Å². The molecule has 0 saturated carbocycles. The van der Waals surface area contributed by atoms with E-state index < -0.39 is 22.0 Å². The van der Waals surface area contributed by atoms with Gasteiger partial charge in [0.15, 0.2) is 5.65 Å². The lowest BCUT2D eigenvalue weighted by Gasteiger charge is -2.16. The van der Waals surface area contributed by atoms with Crippen LogP contribution in [0.1, 0.15) is 29.0 Å². The zero-order valence-corrected chi connectivity index (χ0v) is 17.5. The van der Waals surface area contributed by atoms with Crippen LogP contribution in [0.2, 0.25) is 5.15 Å². The summed E-state index contributed by atoms with van der Waals surface area (Å²) in [5, 5.41) is 0.380. The molecule has 0 aliphatic heterocycles. The van der Waals surface area contributed by atoms with E-state index >= 15 is 0 Å². The Morgan fingerprint density at radius 1 is 1.32 bits per heavy atom. The van der Waals surface area contributed by atoms with Crippen LogP contribution in [0.4, 0.5) is 5.82 Å². The van der Waals surface area contributed by atoms with Gasteiger partial charge in [0.05, 0.1) is 17.3 Å². The van der Waals surface area contributed by atoms with Crippen LogP contribution in [-0.2, 0) is 10.0 Å². The predicted octanol–water partition coefficient (Wildman–Crippen LogP) is 2.16. The van der Waals surface area contributed by atoms with Gasteiger partial charge in [0.2, 0.25) is 10.0 Å². The van der Waals surface area contributed by atoms with Crippen molar-refractivity contribution in [2.45, 2.75) is 17.9 Å². The summed E-state index contributed by atoms with van der Waals surface area (Å²) in [7, 11) is -3.95. The van der Waals surface area contributed by atoms with Crippen molar-refractivity contribution in [2.75, 3.05) is 5.73 Å². The number of carbonyl (C=O) groups excluding carboxylic acids is 1. The predicted molar refractivity (Wildman–Crippen MR) is 108 cm³/mol. The molecular weight excluding hydrogens is 472 g/mol. The molecule has 3 aromatic rings. The van der Waals surface area contributed by atoms with E-state index in [4.69, 9.17) is 23.1 Å². The van der Waals surface area contributed by atoms with E-state index in [9.17, 15) is 13.2 Å². The van der Waals surface area contributed by atoms with E-state index in [1.54, 1.807) is 13.0 Å². The lowest BCUT2D eigenvalue weighted by atomic mass is 10.1. The van der Waals surface area contributed by atoms with Crippen molar-refractivity contribution >= 4 is 60.3 Å². The third-order valence-corrected chi connectivity index (χ3v) is 6.46. The monoisotopic (exact) mass is 484 g/mol. The molecule has 0 fully saturated rings. The lowest BCUT2D eigenvalue weighted by Crippen LogP contribution is -2.28. The molecule has 1 amide bonds. The molecule has 1 atom stereocenters. The Labute approximate surface area is 173 Å². The Bertz CT molecular complexity index is 1200. The molecule has 3 heterocycles. The van der Waals surface area contributed by atoms with Crippen molar-refractivity contribution < 1.29 is 13.2 Å². The van der Waals surface area contributed by atoms with Crippen molar-refractivity contribution in [2.24, 2.45) is 5.73 Å². The maximum absolute atomic E-state index is 12.6. The average Bonchev–Trinajstić information content (AvgIpc) is 2.60. The summed E-state index contributed by atoms with van der Waals surface area (Å²) in [6.45, 7) is 1.61. The fourth-order valence-corrected chi connectivity index (χ4v) is 4.87. The smallest absolute Gasteiger partial charge is 0.252 e. The summed E-state index contributed by atoms with van der Waals surface area (Å²) in [5.74, 6) is -0.766. The Balaban J connectivity index is 2.01. The van der Waals surface area contributed by atoms with Gasteiger partial charge in [-0.05, 0) is 47.1 Å². The Morgan fingerprint density at radius 3 is 2.68 bits per heavy atom. The van der Waals surface area contributed by atoms with Crippen molar-refractivity contribution in [1.82, 2.24) is 19.7 Å². The Morgan fingerprint density at radius 2 is 2.04 bits per heavy atom. The van der Waals surface area contributed by atoms with E-state index in [1.807, 2.05) is 0 Å². The van der Waals surface area contributed by atoms with Gasteiger partial charge in [0, 0.05) is 16.1 Å². The molecular formula is C16H14BrClN6O3S.